The average molecular weight is 390 g/mol. The topological polar surface area (TPSA) is 88.3 Å². The summed E-state index contributed by atoms with van der Waals surface area (Å²) in [6, 6.07) is 14.8. The van der Waals surface area contributed by atoms with Crippen molar-refractivity contribution in [3.8, 4) is 22.9 Å². The summed E-state index contributed by atoms with van der Waals surface area (Å²) in [6.45, 7) is 6.44. The predicted molar refractivity (Wildman–Crippen MR) is 108 cm³/mol. The molecule has 2 amide bonds. The first-order valence-electron chi connectivity index (χ1n) is 9.47. The summed E-state index contributed by atoms with van der Waals surface area (Å²) in [5.74, 6) is 0.504. The van der Waals surface area contributed by atoms with Gasteiger partial charge in [0.2, 0.25) is 17.7 Å². The number of nitrogens with one attached hydrogen (secondary N) is 1. The zero-order valence-corrected chi connectivity index (χ0v) is 16.6. The number of hydrogen-bond acceptors (Lipinski definition) is 5. The third-order valence-corrected chi connectivity index (χ3v) is 5.20. The van der Waals surface area contributed by atoms with Crippen molar-refractivity contribution in [2.75, 3.05) is 13.1 Å². The smallest absolute Gasteiger partial charge is 0.254 e. The molecule has 4 rings (SSSR count). The van der Waals surface area contributed by atoms with E-state index in [0.717, 1.165) is 16.7 Å². The van der Waals surface area contributed by atoms with Crippen molar-refractivity contribution in [3.63, 3.8) is 0 Å². The van der Waals surface area contributed by atoms with Gasteiger partial charge in [0.15, 0.2) is 0 Å². The van der Waals surface area contributed by atoms with Crippen LogP contribution in [0.1, 0.15) is 29.8 Å². The van der Waals surface area contributed by atoms with Gasteiger partial charge >= 0.3 is 0 Å². The normalized spacial score (nSPS) is 15.8. The molecule has 0 unspecified atom stereocenters. The van der Waals surface area contributed by atoms with Crippen LogP contribution >= 0.6 is 0 Å². The first kappa shape index (κ1) is 18.9. The fraction of sp³-hybridized carbons (Fsp3) is 0.273. The molecule has 2 aromatic carbocycles. The van der Waals surface area contributed by atoms with Crippen LogP contribution in [-0.4, -0.2) is 45.5 Å². The van der Waals surface area contributed by atoms with E-state index in [0.29, 0.717) is 30.4 Å². The Bertz CT molecular complexity index is 1050. The first-order valence-corrected chi connectivity index (χ1v) is 9.47. The summed E-state index contributed by atoms with van der Waals surface area (Å²) < 4.78 is 5.79. The van der Waals surface area contributed by atoms with E-state index in [1.807, 2.05) is 31.2 Å². The first-order chi connectivity index (χ1) is 13.9. The number of aromatic nitrogens is 2. The second kappa shape index (κ2) is 7.16. The van der Waals surface area contributed by atoms with E-state index in [1.165, 1.54) is 0 Å². The Balaban J connectivity index is 1.55. The van der Waals surface area contributed by atoms with Gasteiger partial charge in [-0.3, -0.25) is 9.59 Å². The van der Waals surface area contributed by atoms with Crippen LogP contribution in [0.4, 0.5) is 0 Å². The highest BCUT2D eigenvalue weighted by Crippen LogP contribution is 2.26. The standard InChI is InChI=1S/C22H22N4O3/c1-14-4-6-15(7-5-14)18-24-25-19(29-18)16-8-10-17(11-9-16)20(27)26-13-12-23-21(28)22(26,2)3/h4-11H,12-13H2,1-3H3,(H,23,28). The lowest BCUT2D eigenvalue weighted by Gasteiger charge is -2.41. The van der Waals surface area contributed by atoms with Gasteiger partial charge in [-0.25, -0.2) is 0 Å². The Kier molecular flexibility index (Phi) is 4.66. The van der Waals surface area contributed by atoms with Crippen LogP contribution in [0.2, 0.25) is 0 Å². The minimum absolute atomic E-state index is 0.150. The fourth-order valence-electron chi connectivity index (χ4n) is 3.32. The maximum Gasteiger partial charge on any atom is 0.254 e. The van der Waals surface area contributed by atoms with Crippen molar-refractivity contribution in [1.29, 1.82) is 0 Å². The van der Waals surface area contributed by atoms with Gasteiger partial charge in [-0.15, -0.1) is 10.2 Å². The zero-order valence-electron chi connectivity index (χ0n) is 16.6. The summed E-state index contributed by atoms with van der Waals surface area (Å²) in [7, 11) is 0. The minimum atomic E-state index is -0.885. The van der Waals surface area contributed by atoms with Gasteiger partial charge in [-0.1, -0.05) is 17.7 Å². The number of nitrogens with zero attached hydrogens (tertiary/aromatic N) is 3. The largest absolute Gasteiger partial charge is 0.416 e. The maximum absolute atomic E-state index is 12.9. The van der Waals surface area contributed by atoms with E-state index in [9.17, 15) is 9.59 Å². The monoisotopic (exact) mass is 390 g/mol. The Hall–Kier alpha value is -3.48. The summed E-state index contributed by atoms with van der Waals surface area (Å²) in [5, 5.41) is 11.0. The fourth-order valence-corrected chi connectivity index (χ4v) is 3.32. The summed E-state index contributed by atoms with van der Waals surface area (Å²) >= 11 is 0. The van der Waals surface area contributed by atoms with Crippen LogP contribution in [0, 0.1) is 6.92 Å². The summed E-state index contributed by atoms with van der Waals surface area (Å²) in [6.07, 6.45) is 0. The molecule has 1 fully saturated rings. The molecule has 29 heavy (non-hydrogen) atoms. The van der Waals surface area contributed by atoms with Gasteiger partial charge in [-0.2, -0.15) is 0 Å². The van der Waals surface area contributed by atoms with Crippen molar-refractivity contribution in [3.05, 3.63) is 59.7 Å². The molecule has 2 heterocycles. The van der Waals surface area contributed by atoms with Crippen LogP contribution in [0.25, 0.3) is 22.9 Å². The van der Waals surface area contributed by atoms with Gasteiger partial charge in [0.1, 0.15) is 5.54 Å². The third-order valence-electron chi connectivity index (χ3n) is 5.20. The number of carbonyl (C=O) groups excluding carboxylic acids is 2. The molecule has 0 aliphatic carbocycles. The van der Waals surface area contributed by atoms with E-state index >= 15 is 0 Å². The van der Waals surface area contributed by atoms with Crippen molar-refractivity contribution in [2.24, 2.45) is 0 Å². The van der Waals surface area contributed by atoms with Crippen molar-refractivity contribution in [2.45, 2.75) is 26.3 Å². The number of amides is 2. The van der Waals surface area contributed by atoms with Gasteiger partial charge in [-0.05, 0) is 57.2 Å². The van der Waals surface area contributed by atoms with Crippen molar-refractivity contribution in [1.82, 2.24) is 20.4 Å². The van der Waals surface area contributed by atoms with Crippen molar-refractivity contribution >= 4 is 11.8 Å². The van der Waals surface area contributed by atoms with Crippen LogP contribution in [0.15, 0.2) is 52.9 Å². The molecule has 3 aromatic rings. The molecule has 148 valence electrons. The highest BCUT2D eigenvalue weighted by molar-refractivity contribution is 5.99. The Morgan fingerprint density at radius 2 is 1.55 bits per heavy atom. The lowest BCUT2D eigenvalue weighted by Crippen LogP contribution is -2.63. The van der Waals surface area contributed by atoms with Gasteiger partial charge in [0.25, 0.3) is 5.91 Å². The molecule has 0 atom stereocenters. The van der Waals surface area contributed by atoms with Crippen LogP contribution in [0.3, 0.4) is 0 Å². The number of hydrogen-bond donors (Lipinski definition) is 1. The molecule has 0 radical (unpaired) electrons. The molecule has 7 nitrogen and oxygen atoms in total. The van der Waals surface area contributed by atoms with E-state index in [4.69, 9.17) is 4.42 Å². The van der Waals surface area contributed by atoms with Crippen LogP contribution in [-0.2, 0) is 4.79 Å². The molecule has 0 spiro atoms. The highest BCUT2D eigenvalue weighted by Gasteiger charge is 2.40. The molecule has 0 saturated carbocycles. The van der Waals surface area contributed by atoms with E-state index in [2.05, 4.69) is 15.5 Å². The SMILES string of the molecule is Cc1ccc(-c2nnc(-c3ccc(C(=O)N4CCNC(=O)C4(C)C)cc3)o2)cc1. The Labute approximate surface area is 168 Å². The molecule has 1 aliphatic heterocycles. The Morgan fingerprint density at radius 1 is 1.00 bits per heavy atom. The molecule has 7 heteroatoms. The molecule has 1 aromatic heterocycles. The van der Waals surface area contributed by atoms with Crippen LogP contribution < -0.4 is 5.32 Å². The van der Waals surface area contributed by atoms with E-state index < -0.39 is 5.54 Å². The lowest BCUT2D eigenvalue weighted by molar-refractivity contribution is -0.133. The number of piperazine rings is 1. The highest BCUT2D eigenvalue weighted by atomic mass is 16.4. The molecular weight excluding hydrogens is 368 g/mol. The molecule has 1 aliphatic rings. The predicted octanol–water partition coefficient (Wildman–Crippen LogP) is 3.06. The number of carbonyl (C=O) groups is 2. The molecule has 1 saturated heterocycles. The molecule has 0 bridgehead atoms. The maximum atomic E-state index is 12.9. The quantitative estimate of drug-likeness (QED) is 0.743. The number of benzene rings is 2. The molecule has 1 N–H and O–H groups in total. The van der Waals surface area contributed by atoms with Gasteiger partial charge in [0, 0.05) is 29.8 Å². The van der Waals surface area contributed by atoms with Crippen molar-refractivity contribution < 1.29 is 14.0 Å². The minimum Gasteiger partial charge on any atom is -0.416 e. The number of aryl methyl sites for hydroxylation is 1. The lowest BCUT2D eigenvalue weighted by atomic mass is 9.97. The number of rotatable bonds is 3. The van der Waals surface area contributed by atoms with E-state index in [1.54, 1.807) is 43.0 Å². The summed E-state index contributed by atoms with van der Waals surface area (Å²) in [5.41, 5.74) is 2.36. The summed E-state index contributed by atoms with van der Waals surface area (Å²) in [4.78, 5) is 26.6. The molecular formula is C22H22N4O3. The van der Waals surface area contributed by atoms with E-state index in [-0.39, 0.29) is 11.8 Å². The second-order valence-corrected chi connectivity index (χ2v) is 7.63. The van der Waals surface area contributed by atoms with Crippen LogP contribution in [0.5, 0.6) is 0 Å². The average Bonchev–Trinajstić information content (AvgIpc) is 3.20. The Morgan fingerprint density at radius 3 is 2.14 bits per heavy atom. The third kappa shape index (κ3) is 3.51. The van der Waals surface area contributed by atoms with Gasteiger partial charge < -0.3 is 14.6 Å². The second-order valence-electron chi connectivity index (χ2n) is 7.63. The zero-order chi connectivity index (χ0) is 20.6. The van der Waals surface area contributed by atoms with Gasteiger partial charge in [0.05, 0.1) is 0 Å².